The molecule has 0 spiro atoms. The molecule has 3 heteroatoms. The highest BCUT2D eigenvalue weighted by Gasteiger charge is 2.34. The van der Waals surface area contributed by atoms with Gasteiger partial charge in [-0.1, -0.05) is 69.7 Å². The molecule has 0 radical (unpaired) electrons. The van der Waals surface area contributed by atoms with Gasteiger partial charge in [0.25, 0.3) is 0 Å². The SMILES string of the molecule is CC1CCC(C(C)C)C(OC(=O)C(C)c2ccc(-c3ccccc3)c(F)c2)C1. The van der Waals surface area contributed by atoms with E-state index in [9.17, 15) is 9.18 Å². The second-order valence-corrected chi connectivity index (χ2v) is 8.63. The lowest BCUT2D eigenvalue weighted by Crippen LogP contribution is -2.36. The highest BCUT2D eigenvalue weighted by Crippen LogP contribution is 2.36. The lowest BCUT2D eigenvalue weighted by Gasteiger charge is -2.37. The standard InChI is InChI=1S/C25H31FO2/c1-16(2)21-12-10-17(3)14-24(21)28-25(27)18(4)20-11-13-22(23(26)15-20)19-8-6-5-7-9-19/h5-9,11,13,15-18,21,24H,10,12,14H2,1-4H3. The van der Waals surface area contributed by atoms with E-state index in [1.54, 1.807) is 13.0 Å². The molecule has 0 bridgehead atoms. The summed E-state index contributed by atoms with van der Waals surface area (Å²) in [6.07, 6.45) is 3.18. The smallest absolute Gasteiger partial charge is 0.313 e. The summed E-state index contributed by atoms with van der Waals surface area (Å²) in [4.78, 5) is 12.8. The van der Waals surface area contributed by atoms with Crippen LogP contribution < -0.4 is 0 Å². The quantitative estimate of drug-likeness (QED) is 0.545. The average molecular weight is 383 g/mol. The molecule has 2 aromatic carbocycles. The van der Waals surface area contributed by atoms with Crippen molar-refractivity contribution in [3.63, 3.8) is 0 Å². The van der Waals surface area contributed by atoms with Crippen molar-refractivity contribution in [2.75, 3.05) is 0 Å². The summed E-state index contributed by atoms with van der Waals surface area (Å²) in [7, 11) is 0. The third-order valence-corrected chi connectivity index (χ3v) is 6.16. The molecule has 4 unspecified atom stereocenters. The minimum absolute atomic E-state index is 0.0351. The molecule has 28 heavy (non-hydrogen) atoms. The fraction of sp³-hybridized carbons (Fsp3) is 0.480. The van der Waals surface area contributed by atoms with Crippen molar-refractivity contribution in [1.29, 1.82) is 0 Å². The van der Waals surface area contributed by atoms with Gasteiger partial charge >= 0.3 is 5.97 Å². The first-order valence-corrected chi connectivity index (χ1v) is 10.4. The van der Waals surface area contributed by atoms with Crippen LogP contribution in [0.3, 0.4) is 0 Å². The second-order valence-electron chi connectivity index (χ2n) is 8.63. The van der Waals surface area contributed by atoms with Gasteiger partial charge in [0.1, 0.15) is 11.9 Å². The monoisotopic (exact) mass is 382 g/mol. The predicted molar refractivity (Wildman–Crippen MR) is 111 cm³/mol. The zero-order chi connectivity index (χ0) is 20.3. The molecule has 150 valence electrons. The topological polar surface area (TPSA) is 26.3 Å². The van der Waals surface area contributed by atoms with Gasteiger partial charge in [0, 0.05) is 5.56 Å². The summed E-state index contributed by atoms with van der Waals surface area (Å²) in [5.74, 6) is 0.425. The number of ether oxygens (including phenoxy) is 1. The molecule has 1 fully saturated rings. The number of benzene rings is 2. The molecule has 0 heterocycles. The Balaban J connectivity index is 1.73. The molecule has 3 rings (SSSR count). The van der Waals surface area contributed by atoms with Crippen molar-refractivity contribution in [3.8, 4) is 11.1 Å². The number of hydrogen-bond donors (Lipinski definition) is 0. The Morgan fingerprint density at radius 2 is 1.79 bits per heavy atom. The van der Waals surface area contributed by atoms with Gasteiger partial charge in [0.05, 0.1) is 5.92 Å². The predicted octanol–water partition coefficient (Wildman–Crippen LogP) is 6.60. The molecule has 1 saturated carbocycles. The Hall–Kier alpha value is -2.16. The molecule has 0 aliphatic heterocycles. The van der Waals surface area contributed by atoms with E-state index < -0.39 is 5.92 Å². The molecule has 0 amide bonds. The third kappa shape index (κ3) is 4.63. The number of carbonyl (C=O) groups is 1. The van der Waals surface area contributed by atoms with Crippen LogP contribution >= 0.6 is 0 Å². The molecule has 2 aromatic rings. The molecule has 1 aliphatic rings. The summed E-state index contributed by atoms with van der Waals surface area (Å²) in [5.41, 5.74) is 2.04. The molecule has 1 aliphatic carbocycles. The summed E-state index contributed by atoms with van der Waals surface area (Å²) in [6, 6.07) is 14.5. The minimum Gasteiger partial charge on any atom is -0.462 e. The Morgan fingerprint density at radius 1 is 1.07 bits per heavy atom. The zero-order valence-electron chi connectivity index (χ0n) is 17.3. The maximum Gasteiger partial charge on any atom is 0.313 e. The van der Waals surface area contributed by atoms with Gasteiger partial charge in [-0.2, -0.15) is 0 Å². The first kappa shape index (κ1) is 20.6. The lowest BCUT2D eigenvalue weighted by molar-refractivity contribution is -0.157. The van der Waals surface area contributed by atoms with Crippen molar-refractivity contribution in [2.24, 2.45) is 17.8 Å². The maximum absolute atomic E-state index is 14.7. The van der Waals surface area contributed by atoms with E-state index in [-0.39, 0.29) is 17.9 Å². The van der Waals surface area contributed by atoms with Gasteiger partial charge in [-0.3, -0.25) is 4.79 Å². The normalized spacial score (nSPS) is 23.4. The largest absolute Gasteiger partial charge is 0.462 e. The molecule has 2 nitrogen and oxygen atoms in total. The van der Waals surface area contributed by atoms with Crippen LogP contribution in [0.5, 0.6) is 0 Å². The van der Waals surface area contributed by atoms with E-state index >= 15 is 0 Å². The van der Waals surface area contributed by atoms with E-state index in [2.05, 4.69) is 20.8 Å². The summed E-state index contributed by atoms with van der Waals surface area (Å²) >= 11 is 0. The zero-order valence-corrected chi connectivity index (χ0v) is 17.3. The molecule has 0 saturated heterocycles. The Kier molecular flexibility index (Phi) is 6.53. The second kappa shape index (κ2) is 8.89. The van der Waals surface area contributed by atoms with Crippen molar-refractivity contribution in [1.82, 2.24) is 0 Å². The summed E-state index contributed by atoms with van der Waals surface area (Å²) in [5, 5.41) is 0. The molecule has 0 N–H and O–H groups in total. The van der Waals surface area contributed by atoms with Crippen molar-refractivity contribution < 1.29 is 13.9 Å². The fourth-order valence-electron chi connectivity index (χ4n) is 4.29. The highest BCUT2D eigenvalue weighted by atomic mass is 19.1. The Labute approximate surface area is 168 Å². The molecule has 4 atom stereocenters. The van der Waals surface area contributed by atoms with Gasteiger partial charge in [0.15, 0.2) is 0 Å². The molecular formula is C25H31FO2. The average Bonchev–Trinajstić information content (AvgIpc) is 2.67. The van der Waals surface area contributed by atoms with Gasteiger partial charge in [-0.25, -0.2) is 4.39 Å². The Morgan fingerprint density at radius 3 is 2.43 bits per heavy atom. The highest BCUT2D eigenvalue weighted by molar-refractivity contribution is 5.78. The van der Waals surface area contributed by atoms with E-state index in [0.29, 0.717) is 28.9 Å². The van der Waals surface area contributed by atoms with Crippen molar-refractivity contribution in [2.45, 2.75) is 59.0 Å². The van der Waals surface area contributed by atoms with E-state index in [1.807, 2.05) is 36.4 Å². The van der Waals surface area contributed by atoms with Crippen LogP contribution in [0, 0.1) is 23.6 Å². The number of esters is 1. The number of carbonyl (C=O) groups excluding carboxylic acids is 1. The molecular weight excluding hydrogens is 351 g/mol. The fourth-order valence-corrected chi connectivity index (χ4v) is 4.29. The third-order valence-electron chi connectivity index (χ3n) is 6.16. The minimum atomic E-state index is -0.482. The van der Waals surface area contributed by atoms with Gasteiger partial charge in [0.2, 0.25) is 0 Å². The first-order valence-electron chi connectivity index (χ1n) is 10.4. The maximum atomic E-state index is 14.7. The van der Waals surface area contributed by atoms with Gasteiger partial charge in [-0.15, -0.1) is 0 Å². The Bertz CT molecular complexity index is 799. The van der Waals surface area contributed by atoms with Crippen LogP contribution in [0.1, 0.15) is 58.4 Å². The lowest BCUT2D eigenvalue weighted by atomic mass is 9.75. The van der Waals surface area contributed by atoms with Crippen LogP contribution in [0.4, 0.5) is 4.39 Å². The number of rotatable bonds is 5. The van der Waals surface area contributed by atoms with E-state index in [4.69, 9.17) is 4.74 Å². The van der Waals surface area contributed by atoms with E-state index in [0.717, 1.165) is 18.4 Å². The number of halogens is 1. The van der Waals surface area contributed by atoms with Crippen LogP contribution in [0.25, 0.3) is 11.1 Å². The molecule has 0 aromatic heterocycles. The summed E-state index contributed by atoms with van der Waals surface area (Å²) in [6.45, 7) is 8.42. The van der Waals surface area contributed by atoms with Crippen LogP contribution in [-0.2, 0) is 9.53 Å². The number of hydrogen-bond acceptors (Lipinski definition) is 2. The van der Waals surface area contributed by atoms with Crippen LogP contribution in [0.15, 0.2) is 48.5 Å². The van der Waals surface area contributed by atoms with Crippen LogP contribution in [0.2, 0.25) is 0 Å². The van der Waals surface area contributed by atoms with E-state index in [1.165, 1.54) is 12.5 Å². The van der Waals surface area contributed by atoms with Gasteiger partial charge < -0.3 is 4.74 Å². The van der Waals surface area contributed by atoms with Crippen molar-refractivity contribution >= 4 is 5.97 Å². The summed E-state index contributed by atoms with van der Waals surface area (Å²) < 4.78 is 20.6. The first-order chi connectivity index (χ1) is 13.4. The van der Waals surface area contributed by atoms with Gasteiger partial charge in [-0.05, 0) is 54.7 Å². The van der Waals surface area contributed by atoms with Crippen molar-refractivity contribution in [3.05, 3.63) is 59.9 Å². The van der Waals surface area contributed by atoms with Crippen LogP contribution in [-0.4, -0.2) is 12.1 Å².